The lowest BCUT2D eigenvalue weighted by Gasteiger charge is -2.14. The Bertz CT molecular complexity index is 501. The highest BCUT2D eigenvalue weighted by Gasteiger charge is 2.05. The molecule has 2 aromatic carbocycles. The smallest absolute Gasteiger partial charge is 0.123 e. The number of halogens is 1. The second-order valence-corrected chi connectivity index (χ2v) is 4.75. The second kappa shape index (κ2) is 8.62. The monoisotopic (exact) mass is 291 g/mol. The maximum absolute atomic E-state index is 5.35. The quantitative estimate of drug-likeness (QED) is 0.868. The first-order valence-electron chi connectivity index (χ1n) is 6.69. The number of para-hydroxylation sites is 1. The number of ether oxygens (including phenoxy) is 1. The zero-order chi connectivity index (χ0) is 13.5. The molecule has 0 bridgehead atoms. The summed E-state index contributed by atoms with van der Waals surface area (Å²) in [5, 5.41) is 3.49. The molecule has 0 aliphatic rings. The van der Waals surface area contributed by atoms with Crippen LogP contribution in [0.1, 0.15) is 24.0 Å². The topological polar surface area (TPSA) is 21.3 Å². The third kappa shape index (κ3) is 4.55. The van der Waals surface area contributed by atoms with Crippen molar-refractivity contribution in [3.8, 4) is 5.75 Å². The summed E-state index contributed by atoms with van der Waals surface area (Å²) in [6, 6.07) is 18.7. The molecule has 0 saturated heterocycles. The molecule has 0 radical (unpaired) electrons. The van der Waals surface area contributed by atoms with E-state index in [2.05, 4.69) is 48.6 Å². The molecule has 3 heteroatoms. The van der Waals surface area contributed by atoms with Gasteiger partial charge in [-0.15, -0.1) is 12.4 Å². The molecule has 2 aromatic rings. The summed E-state index contributed by atoms with van der Waals surface area (Å²) in [5.74, 6) is 1.46. The number of rotatable bonds is 6. The molecule has 0 aliphatic carbocycles. The van der Waals surface area contributed by atoms with Crippen molar-refractivity contribution in [2.75, 3.05) is 13.7 Å². The minimum absolute atomic E-state index is 0. The number of methoxy groups -OCH3 is 1. The number of benzene rings is 2. The van der Waals surface area contributed by atoms with E-state index in [1.165, 1.54) is 11.1 Å². The molecular weight excluding hydrogens is 270 g/mol. The van der Waals surface area contributed by atoms with Crippen molar-refractivity contribution in [3.05, 3.63) is 65.7 Å². The van der Waals surface area contributed by atoms with Gasteiger partial charge in [0, 0.05) is 18.7 Å². The molecule has 1 unspecified atom stereocenters. The van der Waals surface area contributed by atoms with Gasteiger partial charge >= 0.3 is 0 Å². The highest BCUT2D eigenvalue weighted by Crippen LogP contribution is 2.18. The van der Waals surface area contributed by atoms with Crippen LogP contribution < -0.4 is 10.1 Å². The van der Waals surface area contributed by atoms with Crippen molar-refractivity contribution in [2.45, 2.75) is 19.4 Å². The van der Waals surface area contributed by atoms with E-state index in [1.54, 1.807) is 7.11 Å². The van der Waals surface area contributed by atoms with Crippen molar-refractivity contribution < 1.29 is 4.74 Å². The Kier molecular flexibility index (Phi) is 7.13. The van der Waals surface area contributed by atoms with Crippen LogP contribution in [0.15, 0.2) is 54.6 Å². The van der Waals surface area contributed by atoms with E-state index >= 15 is 0 Å². The summed E-state index contributed by atoms with van der Waals surface area (Å²) in [6.07, 6.45) is 0. The zero-order valence-electron chi connectivity index (χ0n) is 12.0. The average Bonchev–Trinajstić information content (AvgIpc) is 2.48. The number of nitrogens with one attached hydrogen (secondary N) is 1. The standard InChI is InChI=1S/C17H21NO.ClH/c1-14(15-8-4-3-5-9-15)12-18-13-16-10-6-7-11-17(16)19-2;/h3-11,14,18H,12-13H2,1-2H3;1H. The van der Waals surface area contributed by atoms with Crippen LogP contribution in [0.2, 0.25) is 0 Å². The Morgan fingerprint density at radius 1 is 1.00 bits per heavy atom. The van der Waals surface area contributed by atoms with Crippen LogP contribution in [-0.2, 0) is 6.54 Å². The van der Waals surface area contributed by atoms with Crippen LogP contribution in [-0.4, -0.2) is 13.7 Å². The van der Waals surface area contributed by atoms with Gasteiger partial charge in [0.1, 0.15) is 5.75 Å². The molecular formula is C17H22ClNO. The zero-order valence-corrected chi connectivity index (χ0v) is 12.8. The van der Waals surface area contributed by atoms with Gasteiger partial charge in [-0.2, -0.15) is 0 Å². The van der Waals surface area contributed by atoms with E-state index in [1.807, 2.05) is 18.2 Å². The van der Waals surface area contributed by atoms with Crippen molar-refractivity contribution in [1.29, 1.82) is 0 Å². The summed E-state index contributed by atoms with van der Waals surface area (Å²) in [7, 11) is 1.71. The SMILES string of the molecule is COc1ccccc1CNCC(C)c1ccccc1.Cl. The van der Waals surface area contributed by atoms with Gasteiger partial charge < -0.3 is 10.1 Å². The summed E-state index contributed by atoms with van der Waals surface area (Å²) in [4.78, 5) is 0. The van der Waals surface area contributed by atoms with Crippen LogP contribution in [0, 0.1) is 0 Å². The maximum atomic E-state index is 5.35. The first-order valence-corrected chi connectivity index (χ1v) is 6.69. The van der Waals surface area contributed by atoms with Crippen molar-refractivity contribution >= 4 is 12.4 Å². The van der Waals surface area contributed by atoms with E-state index < -0.39 is 0 Å². The first-order chi connectivity index (χ1) is 9.31. The average molecular weight is 292 g/mol. The van der Waals surface area contributed by atoms with E-state index in [0.717, 1.165) is 18.8 Å². The molecule has 0 heterocycles. The number of hydrogen-bond donors (Lipinski definition) is 1. The molecule has 2 rings (SSSR count). The van der Waals surface area contributed by atoms with Crippen molar-refractivity contribution in [2.24, 2.45) is 0 Å². The molecule has 1 atom stereocenters. The lowest BCUT2D eigenvalue weighted by Crippen LogP contribution is -2.19. The second-order valence-electron chi connectivity index (χ2n) is 4.75. The highest BCUT2D eigenvalue weighted by molar-refractivity contribution is 5.85. The molecule has 2 nitrogen and oxygen atoms in total. The molecule has 0 spiro atoms. The minimum atomic E-state index is 0. The van der Waals surface area contributed by atoms with Gasteiger partial charge in [-0.05, 0) is 17.5 Å². The molecule has 20 heavy (non-hydrogen) atoms. The Balaban J connectivity index is 0.00000200. The van der Waals surface area contributed by atoms with Crippen LogP contribution in [0.25, 0.3) is 0 Å². The fourth-order valence-corrected chi connectivity index (χ4v) is 2.17. The number of hydrogen-bond acceptors (Lipinski definition) is 2. The van der Waals surface area contributed by atoms with Crippen LogP contribution in [0.4, 0.5) is 0 Å². The summed E-state index contributed by atoms with van der Waals surface area (Å²) < 4.78 is 5.35. The predicted molar refractivity (Wildman–Crippen MR) is 86.8 cm³/mol. The van der Waals surface area contributed by atoms with Crippen LogP contribution >= 0.6 is 12.4 Å². The lowest BCUT2D eigenvalue weighted by molar-refractivity contribution is 0.407. The van der Waals surface area contributed by atoms with E-state index in [9.17, 15) is 0 Å². The third-order valence-corrected chi connectivity index (χ3v) is 3.33. The molecule has 0 aliphatic heterocycles. The van der Waals surface area contributed by atoms with Gasteiger partial charge in [-0.25, -0.2) is 0 Å². The van der Waals surface area contributed by atoms with E-state index in [0.29, 0.717) is 5.92 Å². The van der Waals surface area contributed by atoms with Crippen LogP contribution in [0.5, 0.6) is 5.75 Å². The van der Waals surface area contributed by atoms with Crippen LogP contribution in [0.3, 0.4) is 0 Å². The highest BCUT2D eigenvalue weighted by atomic mass is 35.5. The molecule has 0 saturated carbocycles. The van der Waals surface area contributed by atoms with Gasteiger partial charge in [-0.3, -0.25) is 0 Å². The van der Waals surface area contributed by atoms with Gasteiger partial charge in [0.25, 0.3) is 0 Å². The Hall–Kier alpha value is -1.51. The maximum Gasteiger partial charge on any atom is 0.123 e. The fourth-order valence-electron chi connectivity index (χ4n) is 2.17. The van der Waals surface area contributed by atoms with Gasteiger partial charge in [0.2, 0.25) is 0 Å². The normalized spacial score (nSPS) is 11.5. The summed E-state index contributed by atoms with van der Waals surface area (Å²) in [5.41, 5.74) is 2.57. The third-order valence-electron chi connectivity index (χ3n) is 3.33. The predicted octanol–water partition coefficient (Wildman–Crippen LogP) is 4.01. The van der Waals surface area contributed by atoms with Crippen molar-refractivity contribution in [1.82, 2.24) is 5.32 Å². The van der Waals surface area contributed by atoms with Gasteiger partial charge in [-0.1, -0.05) is 55.5 Å². The lowest BCUT2D eigenvalue weighted by atomic mass is 10.0. The first kappa shape index (κ1) is 16.5. The minimum Gasteiger partial charge on any atom is -0.496 e. The summed E-state index contributed by atoms with van der Waals surface area (Å²) in [6.45, 7) is 4.04. The van der Waals surface area contributed by atoms with Gasteiger partial charge in [0.15, 0.2) is 0 Å². The molecule has 0 aromatic heterocycles. The van der Waals surface area contributed by atoms with Crippen molar-refractivity contribution in [3.63, 3.8) is 0 Å². The van der Waals surface area contributed by atoms with E-state index in [-0.39, 0.29) is 12.4 Å². The van der Waals surface area contributed by atoms with Gasteiger partial charge in [0.05, 0.1) is 7.11 Å². The molecule has 108 valence electrons. The Morgan fingerprint density at radius 2 is 1.65 bits per heavy atom. The molecule has 0 fully saturated rings. The Morgan fingerprint density at radius 3 is 2.35 bits per heavy atom. The fraction of sp³-hybridized carbons (Fsp3) is 0.294. The summed E-state index contributed by atoms with van der Waals surface area (Å²) >= 11 is 0. The molecule has 0 amide bonds. The largest absolute Gasteiger partial charge is 0.496 e. The van der Waals surface area contributed by atoms with E-state index in [4.69, 9.17) is 4.74 Å². The molecule has 1 N–H and O–H groups in total. The Labute approximate surface area is 127 Å².